The number of carbonyl (C=O) groups is 1. The van der Waals surface area contributed by atoms with E-state index in [0.717, 1.165) is 38.4 Å². The molecule has 3 nitrogen and oxygen atoms in total. The van der Waals surface area contributed by atoms with Crippen LogP contribution in [0.4, 0.5) is 0 Å². The molecule has 1 unspecified atom stereocenters. The zero-order valence-corrected chi connectivity index (χ0v) is 10.7. The van der Waals surface area contributed by atoms with Crippen LogP contribution < -0.4 is 5.32 Å². The van der Waals surface area contributed by atoms with Crippen LogP contribution in [0, 0.1) is 11.3 Å². The highest BCUT2D eigenvalue weighted by molar-refractivity contribution is 5.76. The minimum atomic E-state index is 0.406. The molecule has 3 fully saturated rings. The van der Waals surface area contributed by atoms with E-state index >= 15 is 0 Å². The maximum Gasteiger partial charge on any atom is 0.222 e. The van der Waals surface area contributed by atoms with Crippen LogP contribution in [-0.4, -0.2) is 37.0 Å². The monoisotopic (exact) mass is 236 g/mol. The van der Waals surface area contributed by atoms with Gasteiger partial charge in [-0.05, 0) is 50.0 Å². The fourth-order valence-corrected chi connectivity index (χ4v) is 3.90. The normalized spacial score (nSPS) is 30.8. The van der Waals surface area contributed by atoms with Crippen molar-refractivity contribution in [3.05, 3.63) is 0 Å². The molecule has 0 aromatic carbocycles. The number of nitrogens with one attached hydrogen (secondary N) is 1. The summed E-state index contributed by atoms with van der Waals surface area (Å²) in [6.45, 7) is 4.36. The molecule has 3 heteroatoms. The second kappa shape index (κ2) is 4.60. The van der Waals surface area contributed by atoms with Crippen molar-refractivity contribution >= 4 is 5.91 Å². The number of likely N-dealkylation sites (tertiary alicyclic amines) is 1. The summed E-state index contributed by atoms with van der Waals surface area (Å²) < 4.78 is 0. The van der Waals surface area contributed by atoms with Gasteiger partial charge in [0.05, 0.1) is 0 Å². The molecular weight excluding hydrogens is 212 g/mol. The SMILES string of the molecule is O=C(CCC1CNCC12CCC2)N1CCCC1. The molecular formula is C14H24N2O. The summed E-state index contributed by atoms with van der Waals surface area (Å²) in [5, 5.41) is 3.53. The fraction of sp³-hybridized carbons (Fsp3) is 0.929. The number of carbonyl (C=O) groups excluding carboxylic acids is 1. The summed E-state index contributed by atoms with van der Waals surface area (Å²) in [7, 11) is 0. The molecule has 0 aromatic rings. The third-order valence-electron chi connectivity index (χ3n) is 5.25. The Hall–Kier alpha value is -0.570. The molecule has 1 N–H and O–H groups in total. The van der Waals surface area contributed by atoms with Crippen LogP contribution in [0.25, 0.3) is 0 Å². The Morgan fingerprint density at radius 1 is 1.24 bits per heavy atom. The maximum absolute atomic E-state index is 12.0. The first-order valence-corrected chi connectivity index (χ1v) is 7.29. The fourth-order valence-electron chi connectivity index (χ4n) is 3.90. The van der Waals surface area contributed by atoms with Crippen molar-refractivity contribution in [2.24, 2.45) is 11.3 Å². The summed E-state index contributed by atoms with van der Waals surface area (Å²) in [6, 6.07) is 0. The van der Waals surface area contributed by atoms with E-state index in [0.29, 0.717) is 11.3 Å². The van der Waals surface area contributed by atoms with E-state index < -0.39 is 0 Å². The van der Waals surface area contributed by atoms with Crippen LogP contribution >= 0.6 is 0 Å². The van der Waals surface area contributed by atoms with Crippen molar-refractivity contribution in [2.45, 2.75) is 44.9 Å². The molecule has 17 heavy (non-hydrogen) atoms. The Balaban J connectivity index is 1.48. The number of amides is 1. The molecule has 1 amide bonds. The number of hydrogen-bond acceptors (Lipinski definition) is 2. The minimum Gasteiger partial charge on any atom is -0.343 e. The third-order valence-corrected chi connectivity index (χ3v) is 5.25. The standard InChI is InChI=1S/C14H24N2O/c17-13(16-8-1-2-9-16)5-4-12-10-15-11-14(12)6-3-7-14/h12,15H,1-11H2. The number of rotatable bonds is 3. The van der Waals surface area contributed by atoms with Gasteiger partial charge in [0.15, 0.2) is 0 Å². The quantitative estimate of drug-likeness (QED) is 0.810. The van der Waals surface area contributed by atoms with Crippen LogP contribution in [0.3, 0.4) is 0 Å². The molecule has 1 atom stereocenters. The van der Waals surface area contributed by atoms with Crippen molar-refractivity contribution in [2.75, 3.05) is 26.2 Å². The van der Waals surface area contributed by atoms with Crippen LogP contribution in [0.5, 0.6) is 0 Å². The van der Waals surface area contributed by atoms with Gasteiger partial charge >= 0.3 is 0 Å². The van der Waals surface area contributed by atoms with Gasteiger partial charge in [0.25, 0.3) is 0 Å². The first kappa shape index (κ1) is 11.5. The largest absolute Gasteiger partial charge is 0.343 e. The molecule has 2 aliphatic heterocycles. The van der Waals surface area contributed by atoms with Crippen LogP contribution in [-0.2, 0) is 4.79 Å². The second-order valence-corrected chi connectivity index (χ2v) is 6.17. The van der Waals surface area contributed by atoms with E-state index in [1.807, 2.05) is 0 Å². The van der Waals surface area contributed by atoms with E-state index in [1.54, 1.807) is 0 Å². The Kier molecular flexibility index (Phi) is 3.12. The smallest absolute Gasteiger partial charge is 0.222 e. The van der Waals surface area contributed by atoms with Gasteiger partial charge in [-0.25, -0.2) is 0 Å². The Morgan fingerprint density at radius 2 is 2.00 bits per heavy atom. The van der Waals surface area contributed by atoms with Gasteiger partial charge < -0.3 is 10.2 Å². The Bertz CT molecular complexity index is 293. The summed E-state index contributed by atoms with van der Waals surface area (Å²) in [6.07, 6.45) is 8.50. The van der Waals surface area contributed by atoms with Gasteiger partial charge in [0.1, 0.15) is 0 Å². The Labute approximate surface area is 104 Å². The van der Waals surface area contributed by atoms with E-state index in [9.17, 15) is 4.79 Å². The molecule has 2 saturated heterocycles. The van der Waals surface area contributed by atoms with Gasteiger partial charge in [-0.3, -0.25) is 4.79 Å². The highest BCUT2D eigenvalue weighted by Gasteiger charge is 2.46. The van der Waals surface area contributed by atoms with Crippen LogP contribution in [0.1, 0.15) is 44.9 Å². The summed E-state index contributed by atoms with van der Waals surface area (Å²) in [5.41, 5.74) is 0.589. The van der Waals surface area contributed by atoms with Crippen molar-refractivity contribution in [1.82, 2.24) is 10.2 Å². The van der Waals surface area contributed by atoms with Crippen LogP contribution in [0.2, 0.25) is 0 Å². The lowest BCUT2D eigenvalue weighted by Crippen LogP contribution is -2.38. The van der Waals surface area contributed by atoms with Crippen molar-refractivity contribution in [3.8, 4) is 0 Å². The van der Waals surface area contributed by atoms with Crippen LogP contribution in [0.15, 0.2) is 0 Å². The molecule has 3 rings (SSSR count). The number of hydrogen-bond donors (Lipinski definition) is 1. The van der Waals surface area contributed by atoms with Gasteiger partial charge in [0, 0.05) is 26.1 Å². The highest BCUT2D eigenvalue weighted by Crippen LogP contribution is 2.50. The average Bonchev–Trinajstić information content (AvgIpc) is 2.93. The molecule has 1 spiro atoms. The lowest BCUT2D eigenvalue weighted by atomic mass is 9.62. The lowest BCUT2D eigenvalue weighted by Gasteiger charge is -2.43. The predicted molar refractivity (Wildman–Crippen MR) is 67.7 cm³/mol. The van der Waals surface area contributed by atoms with Gasteiger partial charge in [0.2, 0.25) is 5.91 Å². The van der Waals surface area contributed by atoms with E-state index in [4.69, 9.17) is 0 Å². The molecule has 3 aliphatic rings. The van der Waals surface area contributed by atoms with Crippen molar-refractivity contribution in [1.29, 1.82) is 0 Å². The molecule has 96 valence electrons. The Morgan fingerprint density at radius 3 is 2.65 bits per heavy atom. The highest BCUT2D eigenvalue weighted by atomic mass is 16.2. The molecule has 0 aromatic heterocycles. The summed E-state index contributed by atoms with van der Waals surface area (Å²) in [5.74, 6) is 1.17. The predicted octanol–water partition coefficient (Wildman–Crippen LogP) is 1.78. The van der Waals surface area contributed by atoms with Crippen molar-refractivity contribution in [3.63, 3.8) is 0 Å². The summed E-state index contributed by atoms with van der Waals surface area (Å²) in [4.78, 5) is 14.1. The molecule has 2 heterocycles. The summed E-state index contributed by atoms with van der Waals surface area (Å²) >= 11 is 0. The molecule has 0 bridgehead atoms. The maximum atomic E-state index is 12.0. The molecule has 0 radical (unpaired) electrons. The zero-order valence-electron chi connectivity index (χ0n) is 10.7. The molecule has 1 aliphatic carbocycles. The van der Waals surface area contributed by atoms with Gasteiger partial charge in [-0.15, -0.1) is 0 Å². The van der Waals surface area contributed by atoms with E-state index in [-0.39, 0.29) is 0 Å². The topological polar surface area (TPSA) is 32.3 Å². The second-order valence-electron chi connectivity index (χ2n) is 6.17. The first-order chi connectivity index (χ1) is 8.30. The van der Waals surface area contributed by atoms with Gasteiger partial charge in [-0.2, -0.15) is 0 Å². The molecule has 1 saturated carbocycles. The zero-order chi connectivity index (χ0) is 11.7. The van der Waals surface area contributed by atoms with Gasteiger partial charge in [-0.1, -0.05) is 6.42 Å². The van der Waals surface area contributed by atoms with Crippen molar-refractivity contribution < 1.29 is 4.79 Å². The average molecular weight is 236 g/mol. The van der Waals surface area contributed by atoms with E-state index in [1.165, 1.54) is 38.6 Å². The minimum absolute atomic E-state index is 0.406. The lowest BCUT2D eigenvalue weighted by molar-refractivity contribution is -0.130. The van der Waals surface area contributed by atoms with E-state index in [2.05, 4.69) is 10.2 Å². The first-order valence-electron chi connectivity index (χ1n) is 7.29. The third kappa shape index (κ3) is 2.10. The number of nitrogens with zero attached hydrogens (tertiary/aromatic N) is 1.